The second-order valence-electron chi connectivity index (χ2n) is 5.84. The lowest BCUT2D eigenvalue weighted by atomic mass is 10.1. The van der Waals surface area contributed by atoms with Crippen LogP contribution in [0, 0.1) is 0 Å². The van der Waals surface area contributed by atoms with Crippen molar-refractivity contribution in [3.8, 4) is 0 Å². The third kappa shape index (κ3) is 3.16. The van der Waals surface area contributed by atoms with Crippen LogP contribution in [0.4, 0.5) is 11.5 Å². The van der Waals surface area contributed by atoms with Crippen LogP contribution in [-0.2, 0) is 4.74 Å². The molecule has 0 bridgehead atoms. The highest BCUT2D eigenvalue weighted by atomic mass is 16.5. The Kier molecular flexibility index (Phi) is 4.26. The van der Waals surface area contributed by atoms with Gasteiger partial charge in [-0.3, -0.25) is 9.78 Å². The fraction of sp³-hybridized carbons (Fsp3) is 0.211. The van der Waals surface area contributed by atoms with Gasteiger partial charge in [0.2, 0.25) is 0 Å². The largest absolute Gasteiger partial charge is 0.378 e. The lowest BCUT2D eigenvalue weighted by molar-refractivity contribution is 0.102. The summed E-state index contributed by atoms with van der Waals surface area (Å²) in [5.41, 5.74) is 1.21. The van der Waals surface area contributed by atoms with Gasteiger partial charge in [-0.05, 0) is 17.5 Å². The molecule has 4 rings (SSSR count). The zero-order chi connectivity index (χ0) is 17.1. The van der Waals surface area contributed by atoms with Gasteiger partial charge in [0.1, 0.15) is 5.82 Å². The van der Waals surface area contributed by atoms with Gasteiger partial charge < -0.3 is 15.0 Å². The number of fused-ring (bicyclic) bond motifs is 1. The van der Waals surface area contributed by atoms with Crippen LogP contribution in [0.5, 0.6) is 0 Å². The summed E-state index contributed by atoms with van der Waals surface area (Å²) >= 11 is 0. The molecule has 1 aromatic carbocycles. The molecule has 2 aromatic heterocycles. The molecular weight excluding hydrogens is 316 g/mol. The Morgan fingerprint density at radius 1 is 1.04 bits per heavy atom. The van der Waals surface area contributed by atoms with Crippen molar-refractivity contribution in [3.05, 3.63) is 60.6 Å². The first-order chi connectivity index (χ1) is 12.3. The minimum atomic E-state index is -0.190. The number of morpholine rings is 1. The summed E-state index contributed by atoms with van der Waals surface area (Å²) in [5, 5.41) is 4.74. The summed E-state index contributed by atoms with van der Waals surface area (Å²) in [6.07, 6.45) is 4.94. The minimum Gasteiger partial charge on any atom is -0.378 e. The Morgan fingerprint density at radius 2 is 1.84 bits per heavy atom. The van der Waals surface area contributed by atoms with Gasteiger partial charge in [0, 0.05) is 30.9 Å². The van der Waals surface area contributed by atoms with Gasteiger partial charge >= 0.3 is 0 Å². The predicted octanol–water partition coefficient (Wildman–Crippen LogP) is 2.72. The summed E-state index contributed by atoms with van der Waals surface area (Å²) in [4.78, 5) is 23.5. The molecule has 1 N–H and O–H groups in total. The lowest BCUT2D eigenvalue weighted by Gasteiger charge is -2.29. The normalized spacial score (nSPS) is 14.5. The van der Waals surface area contributed by atoms with E-state index in [0.717, 1.165) is 29.7 Å². The van der Waals surface area contributed by atoms with Gasteiger partial charge in [-0.2, -0.15) is 0 Å². The van der Waals surface area contributed by atoms with Crippen LogP contribution >= 0.6 is 0 Å². The van der Waals surface area contributed by atoms with E-state index in [1.54, 1.807) is 24.7 Å². The first kappa shape index (κ1) is 15.5. The molecule has 0 unspecified atom stereocenters. The Hall–Kier alpha value is -2.99. The van der Waals surface area contributed by atoms with E-state index < -0.39 is 0 Å². The zero-order valence-corrected chi connectivity index (χ0v) is 13.7. The number of carbonyl (C=O) groups is 1. The number of anilines is 2. The number of amides is 1. The molecule has 1 aliphatic heterocycles. The highest BCUT2D eigenvalue weighted by Crippen LogP contribution is 2.28. The Balaban J connectivity index is 1.72. The summed E-state index contributed by atoms with van der Waals surface area (Å²) in [7, 11) is 0. The summed E-state index contributed by atoms with van der Waals surface area (Å²) in [6, 6.07) is 11.5. The highest BCUT2D eigenvalue weighted by molar-refractivity contribution is 6.14. The van der Waals surface area contributed by atoms with Crippen molar-refractivity contribution in [2.75, 3.05) is 36.5 Å². The quantitative estimate of drug-likeness (QED) is 0.798. The molecule has 3 heterocycles. The number of carbonyl (C=O) groups excluding carboxylic acids is 1. The van der Waals surface area contributed by atoms with E-state index in [4.69, 9.17) is 4.74 Å². The standard InChI is InChI=1S/C19H18N4O2/c24-19(22-14-4-3-7-20-12-14)17-13-21-18(23-8-10-25-11-9-23)16-6-2-1-5-15(16)17/h1-7,12-13H,8-11H2,(H,22,24). The minimum absolute atomic E-state index is 0.190. The third-order valence-electron chi connectivity index (χ3n) is 4.25. The molecule has 3 aromatic rings. The fourth-order valence-corrected chi connectivity index (χ4v) is 3.02. The average molecular weight is 334 g/mol. The number of nitrogens with zero attached hydrogens (tertiary/aromatic N) is 3. The highest BCUT2D eigenvalue weighted by Gasteiger charge is 2.19. The molecule has 1 aliphatic rings. The maximum Gasteiger partial charge on any atom is 0.257 e. The van der Waals surface area contributed by atoms with Crippen LogP contribution in [0.2, 0.25) is 0 Å². The van der Waals surface area contributed by atoms with E-state index in [1.165, 1.54) is 0 Å². The van der Waals surface area contributed by atoms with Gasteiger partial charge in [0.25, 0.3) is 5.91 Å². The number of hydrogen-bond donors (Lipinski definition) is 1. The number of ether oxygens (including phenoxy) is 1. The van der Waals surface area contributed by atoms with E-state index in [-0.39, 0.29) is 5.91 Å². The van der Waals surface area contributed by atoms with Gasteiger partial charge in [0.05, 0.1) is 30.7 Å². The molecule has 6 nitrogen and oxygen atoms in total. The molecule has 1 amide bonds. The predicted molar refractivity (Wildman–Crippen MR) is 97.0 cm³/mol. The second kappa shape index (κ2) is 6.86. The number of hydrogen-bond acceptors (Lipinski definition) is 5. The number of aromatic nitrogens is 2. The van der Waals surface area contributed by atoms with E-state index in [1.807, 2.05) is 30.3 Å². The van der Waals surface area contributed by atoms with Crippen LogP contribution in [-0.4, -0.2) is 42.2 Å². The Morgan fingerprint density at radius 3 is 2.60 bits per heavy atom. The van der Waals surface area contributed by atoms with Crippen LogP contribution in [0.3, 0.4) is 0 Å². The molecular formula is C19H18N4O2. The zero-order valence-electron chi connectivity index (χ0n) is 13.7. The van der Waals surface area contributed by atoms with E-state index in [0.29, 0.717) is 24.5 Å². The van der Waals surface area contributed by atoms with Crippen molar-refractivity contribution in [1.29, 1.82) is 0 Å². The number of nitrogens with one attached hydrogen (secondary N) is 1. The molecule has 126 valence electrons. The molecule has 1 fully saturated rings. The smallest absolute Gasteiger partial charge is 0.257 e. The number of pyridine rings is 2. The lowest BCUT2D eigenvalue weighted by Crippen LogP contribution is -2.37. The molecule has 1 saturated heterocycles. The summed E-state index contributed by atoms with van der Waals surface area (Å²) in [5.74, 6) is 0.710. The maximum atomic E-state index is 12.7. The SMILES string of the molecule is O=C(Nc1cccnc1)c1cnc(N2CCOCC2)c2ccccc12. The van der Waals surface area contributed by atoms with Crippen molar-refractivity contribution in [2.45, 2.75) is 0 Å². The van der Waals surface area contributed by atoms with Gasteiger partial charge in [-0.25, -0.2) is 4.98 Å². The number of benzene rings is 1. The fourth-order valence-electron chi connectivity index (χ4n) is 3.02. The molecule has 0 saturated carbocycles. The molecule has 0 radical (unpaired) electrons. The average Bonchev–Trinajstić information content (AvgIpc) is 2.68. The van der Waals surface area contributed by atoms with Crippen molar-refractivity contribution in [2.24, 2.45) is 0 Å². The van der Waals surface area contributed by atoms with Crippen molar-refractivity contribution in [1.82, 2.24) is 9.97 Å². The topological polar surface area (TPSA) is 67.4 Å². The molecule has 6 heteroatoms. The van der Waals surface area contributed by atoms with Crippen molar-refractivity contribution in [3.63, 3.8) is 0 Å². The van der Waals surface area contributed by atoms with Crippen LogP contribution < -0.4 is 10.2 Å². The van der Waals surface area contributed by atoms with Crippen LogP contribution in [0.15, 0.2) is 55.0 Å². The van der Waals surface area contributed by atoms with E-state index >= 15 is 0 Å². The van der Waals surface area contributed by atoms with Crippen molar-refractivity contribution >= 4 is 28.2 Å². The second-order valence-corrected chi connectivity index (χ2v) is 5.84. The molecule has 0 atom stereocenters. The number of rotatable bonds is 3. The van der Waals surface area contributed by atoms with Gasteiger partial charge in [-0.1, -0.05) is 24.3 Å². The van der Waals surface area contributed by atoms with E-state index in [9.17, 15) is 4.79 Å². The van der Waals surface area contributed by atoms with Crippen LogP contribution in [0.25, 0.3) is 10.8 Å². The monoisotopic (exact) mass is 334 g/mol. The molecule has 25 heavy (non-hydrogen) atoms. The van der Waals surface area contributed by atoms with Crippen LogP contribution in [0.1, 0.15) is 10.4 Å². The first-order valence-electron chi connectivity index (χ1n) is 8.25. The van der Waals surface area contributed by atoms with Crippen molar-refractivity contribution < 1.29 is 9.53 Å². The maximum absolute atomic E-state index is 12.7. The molecule has 0 spiro atoms. The summed E-state index contributed by atoms with van der Waals surface area (Å²) in [6.45, 7) is 2.99. The Bertz CT molecular complexity index is 892. The first-order valence-corrected chi connectivity index (χ1v) is 8.25. The van der Waals surface area contributed by atoms with Gasteiger partial charge in [0.15, 0.2) is 0 Å². The van der Waals surface area contributed by atoms with Gasteiger partial charge in [-0.15, -0.1) is 0 Å². The molecule has 0 aliphatic carbocycles. The Labute approximate surface area is 145 Å². The summed E-state index contributed by atoms with van der Waals surface area (Å²) < 4.78 is 5.42. The van der Waals surface area contributed by atoms with E-state index in [2.05, 4.69) is 20.2 Å². The third-order valence-corrected chi connectivity index (χ3v) is 4.25.